The first-order chi connectivity index (χ1) is 9.31. The Morgan fingerprint density at radius 1 is 1.30 bits per heavy atom. The lowest BCUT2D eigenvalue weighted by Gasteiger charge is -2.30. The molecule has 5 nitrogen and oxygen atoms in total. The molecule has 2 N–H and O–H groups in total. The molecule has 20 heavy (non-hydrogen) atoms. The molecule has 0 aliphatic carbocycles. The van der Waals surface area contributed by atoms with E-state index >= 15 is 0 Å². The van der Waals surface area contributed by atoms with Gasteiger partial charge in [0.25, 0.3) is 0 Å². The number of carbonyl (C=O) groups is 2. The summed E-state index contributed by atoms with van der Waals surface area (Å²) in [5.41, 5.74) is -0.993. The van der Waals surface area contributed by atoms with E-state index in [9.17, 15) is 9.59 Å². The van der Waals surface area contributed by atoms with Crippen molar-refractivity contribution < 1.29 is 14.7 Å². The Labute approximate surface area is 121 Å². The van der Waals surface area contributed by atoms with Crippen LogP contribution in [0.3, 0.4) is 0 Å². The van der Waals surface area contributed by atoms with Crippen molar-refractivity contribution in [1.82, 2.24) is 10.2 Å². The van der Waals surface area contributed by atoms with Crippen LogP contribution in [0.2, 0.25) is 0 Å². The van der Waals surface area contributed by atoms with Crippen molar-refractivity contribution in [1.29, 1.82) is 0 Å². The Balaban J connectivity index is 2.12. The smallest absolute Gasteiger partial charge is 0.309 e. The molecule has 1 aliphatic rings. The number of carboxylic acid groups (broad SMARTS) is 1. The standard InChI is InChI=1S/C15H28N2O3/c1-12-5-9-17(10-6-12)8-4-7-16-13(18)11-15(2,3)14(19)20/h12H,4-11H2,1-3H3,(H,16,18)(H,19,20). The molecule has 0 spiro atoms. The summed E-state index contributed by atoms with van der Waals surface area (Å²) in [6.45, 7) is 9.38. The predicted molar refractivity (Wildman–Crippen MR) is 78.5 cm³/mol. The molecule has 0 radical (unpaired) electrons. The molecule has 0 saturated carbocycles. The third-order valence-corrected chi connectivity index (χ3v) is 4.03. The molecule has 1 saturated heterocycles. The van der Waals surface area contributed by atoms with Crippen molar-refractivity contribution in [2.45, 2.75) is 46.5 Å². The second kappa shape index (κ2) is 7.62. The Hall–Kier alpha value is -1.10. The zero-order valence-electron chi connectivity index (χ0n) is 12.9. The van der Waals surface area contributed by atoms with Gasteiger partial charge in [0.1, 0.15) is 0 Å². The molecular weight excluding hydrogens is 256 g/mol. The number of carboxylic acids is 1. The van der Waals surface area contributed by atoms with E-state index in [2.05, 4.69) is 17.1 Å². The molecule has 0 aromatic carbocycles. The molecular formula is C15H28N2O3. The quantitative estimate of drug-likeness (QED) is 0.699. The maximum atomic E-state index is 11.7. The number of piperidine rings is 1. The van der Waals surface area contributed by atoms with Crippen LogP contribution in [0.4, 0.5) is 0 Å². The molecule has 1 aliphatic heterocycles. The molecule has 0 aromatic heterocycles. The van der Waals surface area contributed by atoms with E-state index in [1.165, 1.54) is 12.8 Å². The number of carbonyl (C=O) groups excluding carboxylic acids is 1. The molecule has 0 atom stereocenters. The molecule has 116 valence electrons. The minimum absolute atomic E-state index is 0.0313. The number of amides is 1. The lowest BCUT2D eigenvalue weighted by molar-refractivity contribution is -0.149. The first-order valence-electron chi connectivity index (χ1n) is 7.54. The summed E-state index contributed by atoms with van der Waals surface area (Å²) >= 11 is 0. The number of likely N-dealkylation sites (tertiary alicyclic amines) is 1. The number of hydrogen-bond donors (Lipinski definition) is 2. The van der Waals surface area contributed by atoms with Crippen LogP contribution in [0.15, 0.2) is 0 Å². The van der Waals surface area contributed by atoms with Crippen molar-refractivity contribution in [2.75, 3.05) is 26.2 Å². The highest BCUT2D eigenvalue weighted by Crippen LogP contribution is 2.20. The summed E-state index contributed by atoms with van der Waals surface area (Å²) in [7, 11) is 0. The second-order valence-electron chi connectivity index (χ2n) is 6.59. The fourth-order valence-corrected chi connectivity index (χ4v) is 2.36. The largest absolute Gasteiger partial charge is 0.481 e. The zero-order valence-corrected chi connectivity index (χ0v) is 12.9. The van der Waals surface area contributed by atoms with Gasteiger partial charge in [0.15, 0.2) is 0 Å². The van der Waals surface area contributed by atoms with E-state index in [4.69, 9.17) is 5.11 Å². The van der Waals surface area contributed by atoms with Crippen LogP contribution >= 0.6 is 0 Å². The fourth-order valence-electron chi connectivity index (χ4n) is 2.36. The molecule has 0 aromatic rings. The monoisotopic (exact) mass is 284 g/mol. The lowest BCUT2D eigenvalue weighted by atomic mass is 9.89. The van der Waals surface area contributed by atoms with E-state index in [1.807, 2.05) is 0 Å². The van der Waals surface area contributed by atoms with Crippen LogP contribution in [-0.2, 0) is 9.59 Å². The minimum atomic E-state index is -0.993. The molecule has 0 unspecified atom stereocenters. The minimum Gasteiger partial charge on any atom is -0.481 e. The van der Waals surface area contributed by atoms with Crippen LogP contribution < -0.4 is 5.32 Å². The third-order valence-electron chi connectivity index (χ3n) is 4.03. The SMILES string of the molecule is CC1CCN(CCCNC(=O)CC(C)(C)C(=O)O)CC1. The maximum absolute atomic E-state index is 11.7. The number of nitrogens with one attached hydrogen (secondary N) is 1. The first kappa shape index (κ1) is 17.0. The van der Waals surface area contributed by atoms with Crippen molar-refractivity contribution in [3.63, 3.8) is 0 Å². The Morgan fingerprint density at radius 3 is 2.45 bits per heavy atom. The van der Waals surface area contributed by atoms with E-state index in [1.54, 1.807) is 13.8 Å². The number of nitrogens with zero attached hydrogens (tertiary/aromatic N) is 1. The van der Waals surface area contributed by atoms with E-state index in [0.717, 1.165) is 32.0 Å². The highest BCUT2D eigenvalue weighted by Gasteiger charge is 2.29. The van der Waals surface area contributed by atoms with Gasteiger partial charge < -0.3 is 15.3 Å². The van der Waals surface area contributed by atoms with Gasteiger partial charge in [0.05, 0.1) is 5.41 Å². The van der Waals surface area contributed by atoms with Gasteiger partial charge in [0.2, 0.25) is 5.91 Å². The van der Waals surface area contributed by atoms with Crippen LogP contribution in [0, 0.1) is 11.3 Å². The predicted octanol–water partition coefficient (Wildman–Crippen LogP) is 1.73. The summed E-state index contributed by atoms with van der Waals surface area (Å²) in [6, 6.07) is 0. The van der Waals surface area contributed by atoms with Gasteiger partial charge in [-0.2, -0.15) is 0 Å². The Kier molecular flexibility index (Phi) is 6.46. The highest BCUT2D eigenvalue weighted by molar-refractivity contribution is 5.84. The normalized spacial score (nSPS) is 17.9. The van der Waals surface area contributed by atoms with Crippen LogP contribution in [-0.4, -0.2) is 48.1 Å². The van der Waals surface area contributed by atoms with Gasteiger partial charge >= 0.3 is 5.97 Å². The van der Waals surface area contributed by atoms with Gasteiger partial charge in [-0.25, -0.2) is 0 Å². The second-order valence-corrected chi connectivity index (χ2v) is 6.59. The van der Waals surface area contributed by atoms with E-state index in [-0.39, 0.29) is 12.3 Å². The van der Waals surface area contributed by atoms with Crippen molar-refractivity contribution >= 4 is 11.9 Å². The lowest BCUT2D eigenvalue weighted by Crippen LogP contribution is -2.37. The van der Waals surface area contributed by atoms with E-state index in [0.29, 0.717) is 6.54 Å². The number of hydrogen-bond acceptors (Lipinski definition) is 3. The maximum Gasteiger partial charge on any atom is 0.309 e. The van der Waals surface area contributed by atoms with Gasteiger partial charge in [-0.05, 0) is 58.7 Å². The van der Waals surface area contributed by atoms with Crippen molar-refractivity contribution in [3.05, 3.63) is 0 Å². The summed E-state index contributed by atoms with van der Waals surface area (Å²) in [6.07, 6.45) is 3.48. The Morgan fingerprint density at radius 2 is 1.90 bits per heavy atom. The molecule has 1 heterocycles. The van der Waals surface area contributed by atoms with E-state index < -0.39 is 11.4 Å². The summed E-state index contributed by atoms with van der Waals surface area (Å²) in [4.78, 5) is 25.0. The summed E-state index contributed by atoms with van der Waals surface area (Å²) in [5.74, 6) is -0.274. The zero-order chi connectivity index (χ0) is 15.2. The highest BCUT2D eigenvalue weighted by atomic mass is 16.4. The number of aliphatic carboxylic acids is 1. The average molecular weight is 284 g/mol. The molecule has 1 rings (SSSR count). The molecule has 1 amide bonds. The molecule has 1 fully saturated rings. The molecule has 5 heteroatoms. The average Bonchev–Trinajstić information content (AvgIpc) is 2.36. The van der Waals surface area contributed by atoms with Gasteiger partial charge in [0, 0.05) is 13.0 Å². The third kappa shape index (κ3) is 5.90. The fraction of sp³-hybridized carbons (Fsp3) is 0.867. The van der Waals surface area contributed by atoms with Crippen molar-refractivity contribution in [3.8, 4) is 0 Å². The molecule has 0 bridgehead atoms. The summed E-state index contributed by atoms with van der Waals surface area (Å²) in [5, 5.41) is 11.8. The van der Waals surface area contributed by atoms with Crippen LogP contribution in [0.5, 0.6) is 0 Å². The van der Waals surface area contributed by atoms with Gasteiger partial charge in [-0.1, -0.05) is 6.92 Å². The Bertz CT molecular complexity index is 334. The van der Waals surface area contributed by atoms with Gasteiger partial charge in [-0.3, -0.25) is 9.59 Å². The van der Waals surface area contributed by atoms with Crippen LogP contribution in [0.25, 0.3) is 0 Å². The first-order valence-corrected chi connectivity index (χ1v) is 7.54. The summed E-state index contributed by atoms with van der Waals surface area (Å²) < 4.78 is 0. The van der Waals surface area contributed by atoms with Crippen molar-refractivity contribution in [2.24, 2.45) is 11.3 Å². The number of rotatable bonds is 7. The topological polar surface area (TPSA) is 69.6 Å². The van der Waals surface area contributed by atoms with Gasteiger partial charge in [-0.15, -0.1) is 0 Å². The van der Waals surface area contributed by atoms with Crippen LogP contribution in [0.1, 0.15) is 46.5 Å².